The van der Waals surface area contributed by atoms with Crippen molar-refractivity contribution < 1.29 is 14.3 Å². The van der Waals surface area contributed by atoms with Gasteiger partial charge in [-0.3, -0.25) is 4.79 Å². The Hall–Kier alpha value is -1.83. The summed E-state index contributed by atoms with van der Waals surface area (Å²) in [5.41, 5.74) is 1.73. The Balaban J connectivity index is 1.25. The van der Waals surface area contributed by atoms with E-state index >= 15 is 0 Å². The molecule has 0 spiro atoms. The van der Waals surface area contributed by atoms with Crippen molar-refractivity contribution in [1.29, 1.82) is 0 Å². The van der Waals surface area contributed by atoms with Crippen LogP contribution < -0.4 is 4.90 Å². The second kappa shape index (κ2) is 10.4. The zero-order chi connectivity index (χ0) is 22.7. The number of hydrogen-bond acceptors (Lipinski definition) is 5. The number of aromatic nitrogens is 1. The van der Waals surface area contributed by atoms with E-state index in [9.17, 15) is 9.18 Å². The van der Waals surface area contributed by atoms with Gasteiger partial charge in [0, 0.05) is 23.0 Å². The summed E-state index contributed by atoms with van der Waals surface area (Å²) in [6.45, 7) is 3.80. The van der Waals surface area contributed by atoms with Crippen LogP contribution in [0.5, 0.6) is 0 Å². The van der Waals surface area contributed by atoms with Gasteiger partial charge in [-0.2, -0.15) is 0 Å². The minimum Gasteiger partial charge on any atom is -0.481 e. The number of halogens is 2. The third kappa shape index (κ3) is 5.74. The molecule has 2 aromatic carbocycles. The maximum atomic E-state index is 14.5. The summed E-state index contributed by atoms with van der Waals surface area (Å²) < 4.78 is 15.6. The van der Waals surface area contributed by atoms with Crippen LogP contribution in [0.1, 0.15) is 44.1 Å². The molecular formula is C24H26ClFN2O2S2. The lowest BCUT2D eigenvalue weighted by molar-refractivity contribution is -0.137. The number of benzene rings is 2. The average Bonchev–Trinajstić information content (AvgIpc) is 3.18. The summed E-state index contributed by atoms with van der Waals surface area (Å²) >= 11 is 9.34. The summed E-state index contributed by atoms with van der Waals surface area (Å²) in [6.07, 6.45) is 3.30. The van der Waals surface area contributed by atoms with Crippen molar-refractivity contribution in [2.45, 2.75) is 43.4 Å². The topological polar surface area (TPSA) is 53.4 Å². The van der Waals surface area contributed by atoms with Crippen LogP contribution in [-0.2, 0) is 4.79 Å². The van der Waals surface area contributed by atoms with Gasteiger partial charge in [-0.15, -0.1) is 11.8 Å². The quantitative estimate of drug-likeness (QED) is 0.341. The molecule has 170 valence electrons. The smallest absolute Gasteiger partial charge is 0.303 e. The van der Waals surface area contributed by atoms with E-state index in [1.165, 1.54) is 6.07 Å². The Kier molecular flexibility index (Phi) is 7.59. The monoisotopic (exact) mass is 492 g/mol. The first-order valence-corrected chi connectivity index (χ1v) is 13.0. The van der Waals surface area contributed by atoms with Crippen LogP contribution in [0.25, 0.3) is 10.2 Å². The third-order valence-corrected chi connectivity index (χ3v) is 8.41. The van der Waals surface area contributed by atoms with Gasteiger partial charge in [0.1, 0.15) is 5.82 Å². The van der Waals surface area contributed by atoms with E-state index < -0.39 is 5.97 Å². The maximum Gasteiger partial charge on any atom is 0.303 e. The van der Waals surface area contributed by atoms with E-state index in [0.29, 0.717) is 10.8 Å². The molecule has 4 rings (SSSR count). The van der Waals surface area contributed by atoms with E-state index in [4.69, 9.17) is 21.7 Å². The predicted molar refractivity (Wildman–Crippen MR) is 132 cm³/mol. The van der Waals surface area contributed by atoms with Crippen LogP contribution in [0.3, 0.4) is 0 Å². The van der Waals surface area contributed by atoms with Crippen LogP contribution in [0.4, 0.5) is 9.52 Å². The summed E-state index contributed by atoms with van der Waals surface area (Å²) in [5.74, 6) is 0.204. The number of carboxylic acids is 1. The fourth-order valence-electron chi connectivity index (χ4n) is 4.09. The third-order valence-electron chi connectivity index (χ3n) is 6.01. The molecule has 2 heterocycles. The van der Waals surface area contributed by atoms with Crippen LogP contribution in [0.15, 0.2) is 41.3 Å². The summed E-state index contributed by atoms with van der Waals surface area (Å²) in [7, 11) is 0. The molecule has 1 saturated heterocycles. The summed E-state index contributed by atoms with van der Waals surface area (Å²) in [4.78, 5) is 18.6. The lowest BCUT2D eigenvalue weighted by Gasteiger charge is -2.31. The van der Waals surface area contributed by atoms with E-state index in [2.05, 4.69) is 4.90 Å². The number of carboxylic acid groups (broad SMARTS) is 1. The van der Waals surface area contributed by atoms with Crippen molar-refractivity contribution in [2.24, 2.45) is 5.92 Å². The van der Waals surface area contributed by atoms with Gasteiger partial charge < -0.3 is 10.0 Å². The largest absolute Gasteiger partial charge is 0.481 e. The number of nitrogens with zero attached hydrogens (tertiary/aromatic N) is 2. The first-order chi connectivity index (χ1) is 15.4. The van der Waals surface area contributed by atoms with Gasteiger partial charge in [0.15, 0.2) is 5.13 Å². The number of anilines is 1. The molecule has 1 atom stereocenters. The fraction of sp³-hybridized carbons (Fsp3) is 0.417. The second-order valence-corrected chi connectivity index (χ2v) is 10.9. The molecule has 0 amide bonds. The van der Waals surface area contributed by atoms with Gasteiger partial charge in [-0.05, 0) is 72.7 Å². The highest BCUT2D eigenvalue weighted by molar-refractivity contribution is 7.99. The maximum absolute atomic E-state index is 14.5. The molecular weight excluding hydrogens is 467 g/mol. The minimum absolute atomic E-state index is 0.00932. The number of piperidine rings is 1. The van der Waals surface area contributed by atoms with Crippen molar-refractivity contribution >= 4 is 56.0 Å². The molecule has 8 heteroatoms. The van der Waals surface area contributed by atoms with Crippen molar-refractivity contribution in [2.75, 3.05) is 23.7 Å². The molecule has 0 radical (unpaired) electrons. The van der Waals surface area contributed by atoms with Gasteiger partial charge in [-0.25, -0.2) is 9.37 Å². The highest BCUT2D eigenvalue weighted by Crippen LogP contribution is 2.34. The van der Waals surface area contributed by atoms with Gasteiger partial charge in [-0.1, -0.05) is 35.9 Å². The molecule has 1 aliphatic heterocycles. The Morgan fingerprint density at radius 1 is 1.31 bits per heavy atom. The number of hydrogen-bond donors (Lipinski definition) is 1. The number of rotatable bonds is 8. The zero-order valence-electron chi connectivity index (χ0n) is 17.9. The number of fused-ring (bicyclic) bond motifs is 1. The van der Waals surface area contributed by atoms with E-state index in [-0.39, 0.29) is 18.2 Å². The minimum atomic E-state index is -0.866. The van der Waals surface area contributed by atoms with E-state index in [1.807, 2.05) is 31.2 Å². The van der Waals surface area contributed by atoms with Crippen LogP contribution in [0.2, 0.25) is 5.02 Å². The van der Waals surface area contributed by atoms with Crippen molar-refractivity contribution in [3.63, 3.8) is 0 Å². The number of carbonyl (C=O) groups is 1. The van der Waals surface area contributed by atoms with Gasteiger partial charge in [0.25, 0.3) is 0 Å². The molecule has 1 aliphatic rings. The highest BCUT2D eigenvalue weighted by atomic mass is 35.5. The molecule has 32 heavy (non-hydrogen) atoms. The molecule has 1 N–H and O–H groups in total. The first kappa shape index (κ1) is 23.3. The number of thioether (sulfide) groups is 1. The zero-order valence-corrected chi connectivity index (χ0v) is 20.3. The summed E-state index contributed by atoms with van der Waals surface area (Å²) in [5, 5.41) is 10.7. The molecule has 0 aliphatic carbocycles. The summed E-state index contributed by atoms with van der Waals surface area (Å²) in [6, 6.07) is 10.9. The van der Waals surface area contributed by atoms with Crippen molar-refractivity contribution in [3.05, 3.63) is 52.8 Å². The average molecular weight is 493 g/mol. The molecule has 1 aromatic heterocycles. The predicted octanol–water partition coefficient (Wildman–Crippen LogP) is 7.07. The van der Waals surface area contributed by atoms with Gasteiger partial charge in [0.2, 0.25) is 0 Å². The van der Waals surface area contributed by atoms with Crippen molar-refractivity contribution in [1.82, 2.24) is 4.98 Å². The lowest BCUT2D eigenvalue weighted by Crippen LogP contribution is -2.33. The Bertz CT molecular complexity index is 1100. The Labute approximate surface area is 200 Å². The SMILES string of the molecule is CC(CC(=O)O)c1ccc(SCCC2CCN(c3nc4ccc(Cl)cc4s3)CC2)c(F)c1. The normalized spacial score (nSPS) is 15.9. The number of aliphatic carboxylic acids is 1. The molecule has 0 saturated carbocycles. The van der Waals surface area contributed by atoms with Gasteiger partial charge >= 0.3 is 5.97 Å². The molecule has 4 nitrogen and oxygen atoms in total. The fourth-order valence-corrected chi connectivity index (χ4v) is 6.42. The molecule has 3 aromatic rings. The Morgan fingerprint density at radius 2 is 2.09 bits per heavy atom. The standard InChI is InChI=1S/C24H26ClFN2O2S2/c1-15(12-23(29)30)17-2-5-21(19(26)13-17)31-11-8-16-6-9-28(10-7-16)24-27-20-4-3-18(25)14-22(20)32-24/h2-5,13-16H,6-12H2,1H3,(H,29,30). The molecule has 0 bridgehead atoms. The number of thiazole rings is 1. The Morgan fingerprint density at radius 3 is 2.81 bits per heavy atom. The van der Waals surface area contributed by atoms with Crippen LogP contribution >= 0.6 is 34.7 Å². The lowest BCUT2D eigenvalue weighted by atomic mass is 9.95. The van der Waals surface area contributed by atoms with E-state index in [0.717, 1.165) is 64.0 Å². The van der Waals surface area contributed by atoms with Crippen LogP contribution in [0, 0.1) is 11.7 Å². The second-order valence-electron chi connectivity index (χ2n) is 8.36. The molecule has 1 fully saturated rings. The molecule has 1 unspecified atom stereocenters. The van der Waals surface area contributed by atoms with E-state index in [1.54, 1.807) is 29.2 Å². The van der Waals surface area contributed by atoms with Crippen LogP contribution in [-0.4, -0.2) is 34.9 Å². The van der Waals surface area contributed by atoms with Crippen molar-refractivity contribution in [3.8, 4) is 0 Å². The van der Waals surface area contributed by atoms with Gasteiger partial charge in [0.05, 0.1) is 16.6 Å². The highest BCUT2D eigenvalue weighted by Gasteiger charge is 2.22. The first-order valence-electron chi connectivity index (χ1n) is 10.8.